The van der Waals surface area contributed by atoms with Gasteiger partial charge in [0.25, 0.3) is 0 Å². The largest absolute Gasteiger partial charge is 0.497 e. The molecule has 0 saturated carbocycles. The van der Waals surface area contributed by atoms with Crippen molar-refractivity contribution in [2.24, 2.45) is 7.05 Å². The van der Waals surface area contributed by atoms with Gasteiger partial charge < -0.3 is 10.1 Å². The molecule has 1 aromatic heterocycles. The molecule has 0 saturated heterocycles. The number of nitrogens with one attached hydrogen (secondary N) is 1. The zero-order chi connectivity index (χ0) is 14.5. The van der Waals surface area contributed by atoms with Crippen molar-refractivity contribution >= 4 is 15.9 Å². The van der Waals surface area contributed by atoms with Crippen LogP contribution < -0.4 is 10.1 Å². The zero-order valence-corrected chi connectivity index (χ0v) is 13.5. The van der Waals surface area contributed by atoms with Crippen LogP contribution >= 0.6 is 15.9 Å². The molecule has 0 radical (unpaired) electrons. The second-order valence-corrected chi connectivity index (χ2v) is 5.30. The van der Waals surface area contributed by atoms with Gasteiger partial charge in [-0.1, -0.05) is 24.3 Å². The van der Waals surface area contributed by atoms with Gasteiger partial charge in [0.1, 0.15) is 5.75 Å². The quantitative estimate of drug-likeness (QED) is 0.879. The van der Waals surface area contributed by atoms with Crippen molar-refractivity contribution in [2.75, 3.05) is 13.7 Å². The molecule has 108 valence electrons. The minimum atomic E-state index is 0.0272. The molecule has 0 spiro atoms. The number of halogens is 1. The van der Waals surface area contributed by atoms with Crippen LogP contribution in [0.3, 0.4) is 0 Å². The molecule has 2 rings (SSSR count). The summed E-state index contributed by atoms with van der Waals surface area (Å²) in [6.45, 7) is 3.06. The van der Waals surface area contributed by atoms with Crippen molar-refractivity contribution < 1.29 is 4.74 Å². The molecule has 1 heterocycles. The smallest absolute Gasteiger partial charge is 0.153 e. The van der Waals surface area contributed by atoms with Gasteiger partial charge in [-0.05, 0) is 46.6 Å². The highest BCUT2D eigenvalue weighted by atomic mass is 79.9. The summed E-state index contributed by atoms with van der Waals surface area (Å²) in [5.74, 6) is 0.844. The number of methoxy groups -OCH3 is 1. The van der Waals surface area contributed by atoms with Crippen LogP contribution in [0.4, 0.5) is 0 Å². The molecule has 20 heavy (non-hydrogen) atoms. The molecule has 1 aromatic carbocycles. The highest BCUT2D eigenvalue weighted by molar-refractivity contribution is 9.10. The first-order chi connectivity index (χ1) is 9.67. The summed E-state index contributed by atoms with van der Waals surface area (Å²) >= 11 is 3.48. The fourth-order valence-electron chi connectivity index (χ4n) is 2.13. The highest BCUT2D eigenvalue weighted by Crippen LogP contribution is 2.28. The standard InChI is InChI=1S/C14H19BrN4O/c1-4-8-16-12(13-14(15)17-18-19(13)2)10-6-5-7-11(9-10)20-3/h5-7,9,12,16H,4,8H2,1-3H3. The SMILES string of the molecule is CCCNC(c1cccc(OC)c1)c1c(Br)nnn1C. The Bertz CT molecular complexity index is 551. The second kappa shape index (κ2) is 6.85. The van der Waals surface area contributed by atoms with Gasteiger partial charge in [0, 0.05) is 7.05 Å². The van der Waals surface area contributed by atoms with Gasteiger partial charge in [-0.25, -0.2) is 4.68 Å². The fourth-order valence-corrected chi connectivity index (χ4v) is 2.68. The Balaban J connectivity index is 2.41. The molecule has 0 aliphatic carbocycles. The molecule has 0 fully saturated rings. The van der Waals surface area contributed by atoms with Crippen LogP contribution in [0.15, 0.2) is 28.9 Å². The monoisotopic (exact) mass is 338 g/mol. The van der Waals surface area contributed by atoms with E-state index in [-0.39, 0.29) is 6.04 Å². The average Bonchev–Trinajstić information content (AvgIpc) is 2.80. The normalized spacial score (nSPS) is 12.4. The van der Waals surface area contributed by atoms with Crippen LogP contribution in [-0.2, 0) is 7.05 Å². The number of benzene rings is 1. The van der Waals surface area contributed by atoms with Gasteiger partial charge >= 0.3 is 0 Å². The van der Waals surface area contributed by atoms with Crippen molar-refractivity contribution in [2.45, 2.75) is 19.4 Å². The Morgan fingerprint density at radius 3 is 2.85 bits per heavy atom. The minimum absolute atomic E-state index is 0.0272. The van der Waals surface area contributed by atoms with Crippen molar-refractivity contribution in [1.29, 1.82) is 0 Å². The molecule has 2 aromatic rings. The number of ether oxygens (including phenoxy) is 1. The van der Waals surface area contributed by atoms with Crippen molar-refractivity contribution in [3.63, 3.8) is 0 Å². The lowest BCUT2D eigenvalue weighted by molar-refractivity contribution is 0.413. The van der Waals surface area contributed by atoms with Gasteiger partial charge in [-0.3, -0.25) is 0 Å². The molecular weight excluding hydrogens is 320 g/mol. The van der Waals surface area contributed by atoms with Crippen LogP contribution in [0.2, 0.25) is 0 Å². The van der Waals surface area contributed by atoms with E-state index in [9.17, 15) is 0 Å². The Labute approximate surface area is 127 Å². The molecule has 0 amide bonds. The lowest BCUT2D eigenvalue weighted by Crippen LogP contribution is -2.25. The van der Waals surface area contributed by atoms with Crippen LogP contribution in [0, 0.1) is 0 Å². The maximum absolute atomic E-state index is 5.31. The molecule has 0 bridgehead atoms. The molecule has 1 atom stereocenters. The molecule has 1 unspecified atom stereocenters. The number of aromatic nitrogens is 3. The summed E-state index contributed by atoms with van der Waals surface area (Å²) < 4.78 is 7.86. The number of hydrogen-bond acceptors (Lipinski definition) is 4. The number of aryl methyl sites for hydroxylation is 1. The summed E-state index contributed by atoms with van der Waals surface area (Å²) in [5, 5.41) is 11.7. The summed E-state index contributed by atoms with van der Waals surface area (Å²) in [6.07, 6.45) is 1.06. The minimum Gasteiger partial charge on any atom is -0.497 e. The molecule has 5 nitrogen and oxygen atoms in total. The molecule has 6 heteroatoms. The summed E-state index contributed by atoms with van der Waals surface area (Å²) in [7, 11) is 3.57. The highest BCUT2D eigenvalue weighted by Gasteiger charge is 2.21. The maximum atomic E-state index is 5.31. The molecule has 0 aliphatic heterocycles. The van der Waals surface area contributed by atoms with Gasteiger partial charge in [-0.2, -0.15) is 0 Å². The third kappa shape index (κ3) is 3.19. The van der Waals surface area contributed by atoms with Gasteiger partial charge in [0.05, 0.1) is 18.8 Å². The summed E-state index contributed by atoms with van der Waals surface area (Å²) in [6, 6.07) is 8.07. The predicted octanol–water partition coefficient (Wildman–Crippen LogP) is 2.68. The molecule has 0 aliphatic rings. The lowest BCUT2D eigenvalue weighted by atomic mass is 10.0. The first-order valence-electron chi connectivity index (χ1n) is 6.59. The summed E-state index contributed by atoms with van der Waals surface area (Å²) in [4.78, 5) is 0. The van der Waals surface area contributed by atoms with E-state index >= 15 is 0 Å². The molecular formula is C14H19BrN4O. The van der Waals surface area contributed by atoms with E-state index in [1.165, 1.54) is 0 Å². The van der Waals surface area contributed by atoms with E-state index in [1.54, 1.807) is 11.8 Å². The topological polar surface area (TPSA) is 52.0 Å². The van der Waals surface area contributed by atoms with Crippen LogP contribution in [0.1, 0.15) is 30.6 Å². The average molecular weight is 339 g/mol. The first-order valence-corrected chi connectivity index (χ1v) is 7.39. The van der Waals surface area contributed by atoms with E-state index in [2.05, 4.69) is 44.5 Å². The van der Waals surface area contributed by atoms with Crippen molar-refractivity contribution in [3.8, 4) is 5.75 Å². The number of nitrogens with zero attached hydrogens (tertiary/aromatic N) is 3. The summed E-state index contributed by atoms with van der Waals surface area (Å²) in [5.41, 5.74) is 2.13. The Hall–Kier alpha value is -1.40. The van der Waals surface area contributed by atoms with Gasteiger partial charge in [-0.15, -0.1) is 5.10 Å². The second-order valence-electron chi connectivity index (χ2n) is 4.55. The fraction of sp³-hybridized carbons (Fsp3) is 0.429. The maximum Gasteiger partial charge on any atom is 0.153 e. The van der Waals surface area contributed by atoms with Crippen molar-refractivity contribution in [3.05, 3.63) is 40.1 Å². The van der Waals surface area contributed by atoms with E-state index in [1.807, 2.05) is 25.2 Å². The number of hydrogen-bond donors (Lipinski definition) is 1. The number of rotatable bonds is 6. The first kappa shape index (κ1) is 15.0. The van der Waals surface area contributed by atoms with Crippen molar-refractivity contribution in [1.82, 2.24) is 20.3 Å². The van der Waals surface area contributed by atoms with Gasteiger partial charge in [0.15, 0.2) is 4.60 Å². The van der Waals surface area contributed by atoms with Crippen LogP contribution in [0.5, 0.6) is 5.75 Å². The van der Waals surface area contributed by atoms with E-state index < -0.39 is 0 Å². The third-order valence-electron chi connectivity index (χ3n) is 3.13. The van der Waals surface area contributed by atoms with E-state index in [0.29, 0.717) is 0 Å². The molecule has 1 N–H and O–H groups in total. The van der Waals surface area contributed by atoms with E-state index in [4.69, 9.17) is 4.74 Å². The Morgan fingerprint density at radius 2 is 2.25 bits per heavy atom. The van der Waals surface area contributed by atoms with Gasteiger partial charge in [0.2, 0.25) is 0 Å². The predicted molar refractivity (Wildman–Crippen MR) is 81.8 cm³/mol. The van der Waals surface area contributed by atoms with Crippen LogP contribution in [-0.4, -0.2) is 28.6 Å². The Morgan fingerprint density at radius 1 is 1.45 bits per heavy atom. The Kier molecular flexibility index (Phi) is 5.14. The zero-order valence-electron chi connectivity index (χ0n) is 11.9. The van der Waals surface area contributed by atoms with E-state index in [0.717, 1.165) is 34.6 Å². The van der Waals surface area contributed by atoms with Crippen LogP contribution in [0.25, 0.3) is 0 Å². The lowest BCUT2D eigenvalue weighted by Gasteiger charge is -2.20. The third-order valence-corrected chi connectivity index (χ3v) is 3.69.